The second-order valence-corrected chi connectivity index (χ2v) is 5.05. The van der Waals surface area contributed by atoms with E-state index in [-0.39, 0.29) is 18.1 Å². The molecule has 0 aliphatic carbocycles. The smallest absolute Gasteiger partial charge is 0.269 e. The first-order valence-electron chi connectivity index (χ1n) is 6.64. The molecule has 1 amide bonds. The normalized spacial score (nSPS) is 10.7. The highest BCUT2D eigenvalue weighted by molar-refractivity contribution is 5.92. The first-order chi connectivity index (χ1) is 10.4. The number of nitrogens with zero attached hydrogens (tertiary/aromatic N) is 4. The molecule has 0 fully saturated rings. The van der Waals surface area contributed by atoms with Crippen molar-refractivity contribution in [1.82, 2.24) is 14.7 Å². The molecule has 116 valence electrons. The lowest BCUT2D eigenvalue weighted by Gasteiger charge is -2.15. The van der Waals surface area contributed by atoms with Gasteiger partial charge in [-0.25, -0.2) is 0 Å². The van der Waals surface area contributed by atoms with E-state index in [1.165, 1.54) is 24.3 Å². The van der Waals surface area contributed by atoms with Gasteiger partial charge in [-0.3, -0.25) is 24.5 Å². The predicted octanol–water partition coefficient (Wildman–Crippen LogP) is 1.40. The lowest BCUT2D eigenvalue weighted by atomic mass is 10.3. The van der Waals surface area contributed by atoms with Crippen molar-refractivity contribution in [2.45, 2.75) is 6.54 Å². The summed E-state index contributed by atoms with van der Waals surface area (Å²) in [7, 11) is 3.67. The monoisotopic (exact) mass is 303 g/mol. The summed E-state index contributed by atoms with van der Waals surface area (Å²) in [6, 6.07) is 5.73. The molecule has 1 N–H and O–H groups in total. The lowest BCUT2D eigenvalue weighted by Crippen LogP contribution is -2.29. The number of rotatable bonds is 6. The van der Waals surface area contributed by atoms with Crippen molar-refractivity contribution in [3.05, 3.63) is 52.3 Å². The average molecular weight is 303 g/mol. The van der Waals surface area contributed by atoms with Gasteiger partial charge in [0, 0.05) is 43.2 Å². The zero-order valence-electron chi connectivity index (χ0n) is 12.4. The van der Waals surface area contributed by atoms with Crippen LogP contribution in [0.2, 0.25) is 0 Å². The number of carbonyl (C=O) groups excluding carboxylic acids is 1. The fourth-order valence-electron chi connectivity index (χ4n) is 2.03. The molecule has 0 spiro atoms. The summed E-state index contributed by atoms with van der Waals surface area (Å²) >= 11 is 0. The molecule has 0 aliphatic heterocycles. The summed E-state index contributed by atoms with van der Waals surface area (Å²) in [5, 5.41) is 17.3. The number of nitro benzene ring substituents is 1. The molecule has 0 saturated carbocycles. The van der Waals surface area contributed by atoms with Crippen molar-refractivity contribution in [1.29, 1.82) is 0 Å². The fraction of sp³-hybridized carbons (Fsp3) is 0.286. The minimum absolute atomic E-state index is 0.00769. The van der Waals surface area contributed by atoms with Crippen molar-refractivity contribution < 1.29 is 9.72 Å². The van der Waals surface area contributed by atoms with Gasteiger partial charge >= 0.3 is 0 Å². The van der Waals surface area contributed by atoms with Gasteiger partial charge in [0.15, 0.2) is 0 Å². The number of nitro groups is 1. The lowest BCUT2D eigenvalue weighted by molar-refractivity contribution is -0.384. The van der Waals surface area contributed by atoms with Crippen LogP contribution in [0.15, 0.2) is 36.7 Å². The quantitative estimate of drug-likeness (QED) is 0.643. The van der Waals surface area contributed by atoms with Gasteiger partial charge in [0.2, 0.25) is 5.91 Å². The predicted molar refractivity (Wildman–Crippen MR) is 81.3 cm³/mol. The second-order valence-electron chi connectivity index (χ2n) is 5.05. The van der Waals surface area contributed by atoms with Gasteiger partial charge in [-0.2, -0.15) is 5.10 Å². The number of amides is 1. The molecule has 0 radical (unpaired) electrons. The first-order valence-corrected chi connectivity index (χ1v) is 6.64. The van der Waals surface area contributed by atoms with Gasteiger partial charge in [0.1, 0.15) is 0 Å². The third-order valence-corrected chi connectivity index (χ3v) is 2.99. The number of aryl methyl sites for hydroxylation is 1. The molecular formula is C14H17N5O3. The Bertz CT molecular complexity index is 665. The van der Waals surface area contributed by atoms with E-state index in [0.717, 1.165) is 5.56 Å². The highest BCUT2D eigenvalue weighted by Crippen LogP contribution is 2.15. The van der Waals surface area contributed by atoms with Gasteiger partial charge < -0.3 is 5.32 Å². The number of hydrogen-bond acceptors (Lipinski definition) is 5. The summed E-state index contributed by atoms with van der Waals surface area (Å²) in [6.07, 6.45) is 3.65. The van der Waals surface area contributed by atoms with E-state index in [1.807, 2.05) is 25.2 Å². The molecule has 1 heterocycles. The fourth-order valence-corrected chi connectivity index (χ4v) is 2.03. The molecule has 0 atom stereocenters. The van der Waals surface area contributed by atoms with Crippen molar-refractivity contribution in [2.75, 3.05) is 18.9 Å². The minimum Gasteiger partial charge on any atom is -0.325 e. The Morgan fingerprint density at radius 1 is 1.41 bits per heavy atom. The average Bonchev–Trinajstić information content (AvgIpc) is 2.84. The Kier molecular flexibility index (Phi) is 4.84. The SMILES string of the molecule is CN(CC(=O)Nc1ccc([N+](=O)[O-])cc1)Cc1cnn(C)c1. The van der Waals surface area contributed by atoms with Crippen LogP contribution in [0.25, 0.3) is 0 Å². The van der Waals surface area contributed by atoms with Crippen molar-refractivity contribution in [3.63, 3.8) is 0 Å². The third-order valence-electron chi connectivity index (χ3n) is 2.99. The maximum Gasteiger partial charge on any atom is 0.269 e. The van der Waals surface area contributed by atoms with Crippen LogP contribution in [-0.2, 0) is 18.4 Å². The maximum absolute atomic E-state index is 11.9. The van der Waals surface area contributed by atoms with Crippen LogP contribution in [-0.4, -0.2) is 39.1 Å². The number of carbonyl (C=O) groups is 1. The van der Waals surface area contributed by atoms with Crippen LogP contribution >= 0.6 is 0 Å². The molecule has 0 unspecified atom stereocenters. The summed E-state index contributed by atoms with van der Waals surface area (Å²) in [6.45, 7) is 0.827. The van der Waals surface area contributed by atoms with Gasteiger partial charge in [0.25, 0.3) is 5.69 Å². The summed E-state index contributed by atoms with van der Waals surface area (Å²) < 4.78 is 1.71. The van der Waals surface area contributed by atoms with Crippen LogP contribution in [0.4, 0.5) is 11.4 Å². The molecule has 8 heteroatoms. The van der Waals surface area contributed by atoms with Crippen LogP contribution in [0, 0.1) is 10.1 Å². The first kappa shape index (κ1) is 15.6. The Balaban J connectivity index is 1.85. The Morgan fingerprint density at radius 3 is 2.64 bits per heavy atom. The van der Waals surface area contributed by atoms with E-state index in [4.69, 9.17) is 0 Å². The Morgan fingerprint density at radius 2 is 2.09 bits per heavy atom. The number of aromatic nitrogens is 2. The molecule has 8 nitrogen and oxygen atoms in total. The number of nitrogens with one attached hydrogen (secondary N) is 1. The summed E-state index contributed by atoms with van der Waals surface area (Å²) in [5.74, 6) is -0.180. The van der Waals surface area contributed by atoms with Crippen molar-refractivity contribution in [3.8, 4) is 0 Å². The van der Waals surface area contributed by atoms with Gasteiger partial charge in [-0.15, -0.1) is 0 Å². The van der Waals surface area contributed by atoms with Crippen LogP contribution in [0.5, 0.6) is 0 Å². The summed E-state index contributed by atoms with van der Waals surface area (Å²) in [4.78, 5) is 23.9. The molecule has 2 rings (SSSR count). The molecule has 2 aromatic rings. The maximum atomic E-state index is 11.9. The van der Waals surface area contributed by atoms with Crippen LogP contribution < -0.4 is 5.32 Å². The highest BCUT2D eigenvalue weighted by Gasteiger charge is 2.10. The van der Waals surface area contributed by atoms with Crippen LogP contribution in [0.3, 0.4) is 0 Å². The number of hydrogen-bond donors (Lipinski definition) is 1. The number of likely N-dealkylation sites (N-methyl/N-ethyl adjacent to an activating group) is 1. The van der Waals surface area contributed by atoms with Gasteiger partial charge in [-0.1, -0.05) is 0 Å². The van der Waals surface area contributed by atoms with E-state index in [2.05, 4.69) is 10.4 Å². The van der Waals surface area contributed by atoms with E-state index in [1.54, 1.807) is 10.9 Å². The zero-order chi connectivity index (χ0) is 16.1. The molecular weight excluding hydrogens is 286 g/mol. The van der Waals surface area contributed by atoms with E-state index in [0.29, 0.717) is 12.2 Å². The topological polar surface area (TPSA) is 93.3 Å². The van der Waals surface area contributed by atoms with Crippen LogP contribution in [0.1, 0.15) is 5.56 Å². The van der Waals surface area contributed by atoms with Crippen molar-refractivity contribution >= 4 is 17.3 Å². The van der Waals surface area contributed by atoms with Gasteiger partial charge in [-0.05, 0) is 19.2 Å². The van der Waals surface area contributed by atoms with Crippen molar-refractivity contribution in [2.24, 2.45) is 7.05 Å². The van der Waals surface area contributed by atoms with E-state index < -0.39 is 4.92 Å². The number of non-ortho nitro benzene ring substituents is 1. The Labute approximate surface area is 127 Å². The zero-order valence-corrected chi connectivity index (χ0v) is 12.4. The molecule has 0 bridgehead atoms. The second kappa shape index (κ2) is 6.81. The standard InChI is InChI=1S/C14H17N5O3/c1-17(8-11-7-15-18(2)9-11)10-14(20)16-12-3-5-13(6-4-12)19(21)22/h3-7,9H,8,10H2,1-2H3,(H,16,20). The molecule has 1 aromatic carbocycles. The number of anilines is 1. The third kappa shape index (κ3) is 4.38. The molecule has 1 aromatic heterocycles. The molecule has 0 aliphatic rings. The minimum atomic E-state index is -0.479. The number of benzene rings is 1. The van der Waals surface area contributed by atoms with Gasteiger partial charge in [0.05, 0.1) is 17.7 Å². The van der Waals surface area contributed by atoms with E-state index in [9.17, 15) is 14.9 Å². The highest BCUT2D eigenvalue weighted by atomic mass is 16.6. The summed E-state index contributed by atoms with van der Waals surface area (Å²) in [5.41, 5.74) is 1.55. The molecule has 0 saturated heterocycles. The molecule has 22 heavy (non-hydrogen) atoms. The van der Waals surface area contributed by atoms with E-state index >= 15 is 0 Å². The Hall–Kier alpha value is -2.74. The largest absolute Gasteiger partial charge is 0.325 e.